The molecule has 6 aromatic carbocycles. The van der Waals surface area contributed by atoms with Crippen molar-refractivity contribution in [3.8, 4) is 23.0 Å². The molecule has 0 spiro atoms. The molecular formula is C35H28CoN6NaO8S2. The van der Waals surface area contributed by atoms with Crippen molar-refractivity contribution in [1.82, 2.24) is 4.72 Å². The Morgan fingerprint density at radius 2 is 0.962 bits per heavy atom. The van der Waals surface area contributed by atoms with Crippen LogP contribution in [0.4, 0.5) is 22.7 Å². The summed E-state index contributed by atoms with van der Waals surface area (Å²) in [6.07, 6.45) is 0. The third kappa shape index (κ3) is 10.6. The zero-order valence-electron chi connectivity index (χ0n) is 28.3. The Balaban J connectivity index is 0.000000277. The number of nitrogens with zero attached hydrogens (tertiary/aromatic N) is 4. The second-order valence-corrected chi connectivity index (χ2v) is 14.5. The molecule has 0 radical (unpaired) electrons. The van der Waals surface area contributed by atoms with E-state index in [9.17, 15) is 37.3 Å². The van der Waals surface area contributed by atoms with Crippen LogP contribution in [0.15, 0.2) is 139 Å². The van der Waals surface area contributed by atoms with E-state index in [-0.39, 0.29) is 96.4 Å². The minimum Gasteiger partial charge on any atom is -0.871 e. The topological polar surface area (TPSA) is 248 Å². The third-order valence-electron chi connectivity index (χ3n) is 7.13. The van der Waals surface area contributed by atoms with Gasteiger partial charge in [0.05, 0.1) is 32.5 Å². The first-order chi connectivity index (χ1) is 24.1. The molecule has 268 valence electrons. The molecular weight excluding hydrogens is 778 g/mol. The van der Waals surface area contributed by atoms with Crippen LogP contribution in [-0.2, 0) is 36.8 Å². The SMILES string of the molecule is CC(C)NS(=O)(=O)c1ccc([O-])c(N=Nc2c([O-])ccc3ccccc23)c1.NS(=O)(=O)c1ccc([O-])c(N=Nc2c([O-])ccc3ccccc23)c1.[Co+3].[Na+]. The molecule has 0 aliphatic heterocycles. The van der Waals surface area contributed by atoms with Gasteiger partial charge in [0.25, 0.3) is 0 Å². The van der Waals surface area contributed by atoms with Crippen molar-refractivity contribution < 1.29 is 83.6 Å². The summed E-state index contributed by atoms with van der Waals surface area (Å²) < 4.78 is 49.7. The molecule has 0 fully saturated rings. The Morgan fingerprint density at radius 3 is 1.40 bits per heavy atom. The van der Waals surface area contributed by atoms with E-state index in [1.54, 1.807) is 50.2 Å². The number of hydrogen-bond acceptors (Lipinski definition) is 12. The van der Waals surface area contributed by atoms with Crippen molar-refractivity contribution in [3.05, 3.63) is 109 Å². The van der Waals surface area contributed by atoms with Gasteiger partial charge in [0.1, 0.15) is 0 Å². The van der Waals surface area contributed by atoms with E-state index >= 15 is 0 Å². The molecule has 0 unspecified atom stereocenters. The standard InChI is InChI=1S/C19H19N3O4S.C16H13N3O4S.Co.Na/c1-12(2)22-27(25,26)14-8-10-17(23)16(11-14)20-21-19-15-6-4-3-5-13(15)7-9-18(19)24;17-24(22,23)11-6-8-14(20)13(9-11)18-19-16-12-4-2-1-3-10(12)5-7-15(16)21;;/h3-12,22-24H,1-2H3;1-9,20-21H,(H2,17,22,23);;/q;;+3;+1/p-4. The summed E-state index contributed by atoms with van der Waals surface area (Å²) in [5.74, 6) is -1.71. The van der Waals surface area contributed by atoms with Gasteiger partial charge in [0.2, 0.25) is 20.0 Å². The molecule has 0 bridgehead atoms. The summed E-state index contributed by atoms with van der Waals surface area (Å²) in [6, 6.07) is 26.7. The van der Waals surface area contributed by atoms with E-state index in [1.165, 1.54) is 18.2 Å². The van der Waals surface area contributed by atoms with Crippen LogP contribution in [0.1, 0.15) is 13.8 Å². The summed E-state index contributed by atoms with van der Waals surface area (Å²) in [7, 11) is -7.75. The molecule has 3 N–H and O–H groups in total. The first-order valence-corrected chi connectivity index (χ1v) is 18.1. The average Bonchev–Trinajstić information content (AvgIpc) is 3.08. The normalized spacial score (nSPS) is 11.7. The van der Waals surface area contributed by atoms with Crippen LogP contribution in [-0.4, -0.2) is 22.9 Å². The Morgan fingerprint density at radius 1 is 0.566 bits per heavy atom. The van der Waals surface area contributed by atoms with Gasteiger partial charge >= 0.3 is 46.3 Å². The number of nitrogens with two attached hydrogens (primary N) is 1. The van der Waals surface area contributed by atoms with E-state index in [0.29, 0.717) is 10.8 Å². The molecule has 0 atom stereocenters. The maximum atomic E-state index is 12.3. The summed E-state index contributed by atoms with van der Waals surface area (Å²) in [6.45, 7) is 3.38. The number of rotatable bonds is 8. The molecule has 0 saturated heterocycles. The van der Waals surface area contributed by atoms with Crippen molar-refractivity contribution in [3.63, 3.8) is 0 Å². The Labute approximate surface area is 337 Å². The summed E-state index contributed by atoms with van der Waals surface area (Å²) in [5, 5.41) is 71.3. The molecule has 0 heterocycles. The Hall–Kier alpha value is -4.43. The fraction of sp³-hybridized carbons (Fsp3) is 0.0857. The Bertz CT molecular complexity index is 2550. The quantitative estimate of drug-likeness (QED) is 0.170. The molecule has 6 aromatic rings. The number of nitrogens with one attached hydrogen (secondary N) is 1. The number of benzene rings is 6. The van der Waals surface area contributed by atoms with Gasteiger partial charge in [-0.3, -0.25) is 0 Å². The monoisotopic (exact) mass is 806 g/mol. The number of hydrogen-bond donors (Lipinski definition) is 2. The largest absolute Gasteiger partial charge is 3.00 e. The van der Waals surface area contributed by atoms with Gasteiger partial charge in [0, 0.05) is 16.8 Å². The van der Waals surface area contributed by atoms with Crippen molar-refractivity contribution in [1.29, 1.82) is 0 Å². The van der Waals surface area contributed by atoms with Gasteiger partial charge in [-0.2, -0.15) is 20.5 Å². The molecule has 53 heavy (non-hydrogen) atoms. The van der Waals surface area contributed by atoms with E-state index in [4.69, 9.17) is 5.14 Å². The molecule has 6 rings (SSSR count). The molecule has 0 saturated carbocycles. The van der Waals surface area contributed by atoms with Crippen LogP contribution in [0.5, 0.6) is 23.0 Å². The first kappa shape index (κ1) is 43.0. The van der Waals surface area contributed by atoms with Crippen molar-refractivity contribution in [2.75, 3.05) is 0 Å². The molecule has 14 nitrogen and oxygen atoms in total. The fourth-order valence-electron chi connectivity index (χ4n) is 4.76. The van der Waals surface area contributed by atoms with E-state index < -0.39 is 31.5 Å². The predicted octanol–water partition coefficient (Wildman–Crippen LogP) is 2.14. The third-order valence-corrected chi connectivity index (χ3v) is 9.70. The minimum absolute atomic E-state index is 0. The van der Waals surface area contributed by atoms with Crippen molar-refractivity contribution >= 4 is 64.3 Å². The van der Waals surface area contributed by atoms with E-state index in [1.807, 2.05) is 24.3 Å². The second-order valence-electron chi connectivity index (χ2n) is 11.2. The zero-order chi connectivity index (χ0) is 36.9. The predicted molar refractivity (Wildman–Crippen MR) is 184 cm³/mol. The molecule has 18 heteroatoms. The van der Waals surface area contributed by atoms with Crippen LogP contribution >= 0.6 is 0 Å². The maximum Gasteiger partial charge on any atom is 3.00 e. The summed E-state index contributed by atoms with van der Waals surface area (Å²) in [5.41, 5.74) is -0.197. The van der Waals surface area contributed by atoms with E-state index in [0.717, 1.165) is 41.1 Å². The van der Waals surface area contributed by atoms with Crippen LogP contribution in [0.25, 0.3) is 21.5 Å². The zero-order valence-corrected chi connectivity index (χ0v) is 32.9. The molecule has 0 aliphatic rings. The number of fused-ring (bicyclic) bond motifs is 2. The summed E-state index contributed by atoms with van der Waals surface area (Å²) in [4.78, 5) is -0.346. The van der Waals surface area contributed by atoms with Crippen LogP contribution < -0.4 is 59.8 Å². The van der Waals surface area contributed by atoms with Crippen LogP contribution in [0, 0.1) is 0 Å². The average molecular weight is 807 g/mol. The molecule has 0 aliphatic carbocycles. The van der Waals surface area contributed by atoms with E-state index in [2.05, 4.69) is 25.2 Å². The van der Waals surface area contributed by atoms with Gasteiger partial charge in [-0.25, -0.2) is 26.7 Å². The first-order valence-electron chi connectivity index (χ1n) is 15.0. The van der Waals surface area contributed by atoms with Gasteiger partial charge in [0.15, 0.2) is 0 Å². The van der Waals surface area contributed by atoms with Crippen LogP contribution in [0.3, 0.4) is 0 Å². The molecule has 0 aromatic heterocycles. The van der Waals surface area contributed by atoms with Gasteiger partial charge < -0.3 is 20.4 Å². The van der Waals surface area contributed by atoms with Crippen molar-refractivity contribution in [2.45, 2.75) is 29.7 Å². The Kier molecular flexibility index (Phi) is 14.6. The smallest absolute Gasteiger partial charge is 0.871 e. The number of primary sulfonamides is 1. The molecule has 0 amide bonds. The van der Waals surface area contributed by atoms with Gasteiger partial charge in [-0.05, 0) is 48.9 Å². The maximum absolute atomic E-state index is 12.3. The van der Waals surface area contributed by atoms with Crippen molar-refractivity contribution in [2.24, 2.45) is 25.6 Å². The van der Waals surface area contributed by atoms with Gasteiger partial charge in [-0.15, -0.1) is 0 Å². The fourth-order valence-corrected chi connectivity index (χ4v) is 6.56. The summed E-state index contributed by atoms with van der Waals surface area (Å²) >= 11 is 0. The number of sulfonamides is 2. The van der Waals surface area contributed by atoms with Gasteiger partial charge in [-0.1, -0.05) is 108 Å². The van der Waals surface area contributed by atoms with Crippen LogP contribution in [0.2, 0.25) is 0 Å². The minimum atomic E-state index is -3.97. The number of azo groups is 2. The second kappa shape index (κ2) is 18.1.